The van der Waals surface area contributed by atoms with Crippen molar-refractivity contribution in [1.82, 2.24) is 0 Å². The van der Waals surface area contributed by atoms with E-state index in [2.05, 4.69) is 288 Å². The molecule has 0 saturated heterocycles. The average Bonchev–Trinajstić information content (AvgIpc) is 3.52. The van der Waals surface area contributed by atoms with Crippen molar-refractivity contribution in [2.75, 3.05) is 19.6 Å². The van der Waals surface area contributed by atoms with Gasteiger partial charge >= 0.3 is 0 Å². The fraction of sp³-hybridized carbons (Fsp3) is 0.0270. The van der Waals surface area contributed by atoms with Crippen LogP contribution < -0.4 is 19.6 Å². The Morgan fingerprint density at radius 1 is 0.250 bits per heavy atom. The third kappa shape index (κ3) is 11.6. The van der Waals surface area contributed by atoms with Gasteiger partial charge in [-0.25, -0.2) is 0 Å². The lowest BCUT2D eigenvalue weighted by Gasteiger charge is -2.28. The summed E-state index contributed by atoms with van der Waals surface area (Å²) in [4.78, 5) is 9.03. The monoisotopic (exact) mass is 1030 g/mol. The summed E-state index contributed by atoms with van der Waals surface area (Å²) in [7, 11) is 0. The largest absolute Gasteiger partial charge is 0.311 e. The molecule has 0 aliphatic rings. The standard InChI is InChI=1S/C74H56N6/c1-55-23-35-67(36-24-55)77(63-15-7-3-8-16-63)71-43-47-73(48-44-71)79(65-19-11-5-12-20-65)69-39-29-57(30-40-69)27-33-59-51-62(54-76)60(52-61(59)53-75)34-28-58-31-41-70(42-32-58)80(66-21-13-6-14-22-66)74-49-45-72(46-50-74)78(64-17-9-4-10-18-64)68-37-25-56(2)26-38-68/h3-52H,1-2H3. The van der Waals surface area contributed by atoms with Crippen molar-refractivity contribution < 1.29 is 0 Å². The number of rotatable bonds is 16. The van der Waals surface area contributed by atoms with Gasteiger partial charge in [-0.15, -0.1) is 0 Å². The molecule has 6 heteroatoms. The molecule has 0 unspecified atom stereocenters. The number of benzene rings is 11. The summed E-state index contributed by atoms with van der Waals surface area (Å²) in [6, 6.07) is 101. The van der Waals surface area contributed by atoms with Crippen LogP contribution in [0.3, 0.4) is 0 Å². The van der Waals surface area contributed by atoms with Crippen molar-refractivity contribution in [3.05, 3.63) is 324 Å². The van der Waals surface area contributed by atoms with Crippen LogP contribution in [0.4, 0.5) is 68.2 Å². The van der Waals surface area contributed by atoms with Crippen molar-refractivity contribution in [2.45, 2.75) is 13.8 Å². The van der Waals surface area contributed by atoms with Crippen molar-refractivity contribution in [3.8, 4) is 12.1 Å². The third-order valence-electron chi connectivity index (χ3n) is 14.0. The second kappa shape index (κ2) is 24.0. The first-order valence-electron chi connectivity index (χ1n) is 26.7. The number of hydrogen-bond donors (Lipinski definition) is 0. The zero-order chi connectivity index (χ0) is 54.6. The van der Waals surface area contributed by atoms with Gasteiger partial charge in [-0.3, -0.25) is 0 Å². The minimum absolute atomic E-state index is 0.481. The van der Waals surface area contributed by atoms with Crippen LogP contribution in [0.25, 0.3) is 24.3 Å². The average molecular weight is 1030 g/mol. The Hall–Kier alpha value is -10.9. The molecular formula is C74H56N6. The van der Waals surface area contributed by atoms with Crippen LogP contribution in [-0.4, -0.2) is 0 Å². The molecule has 0 aromatic heterocycles. The van der Waals surface area contributed by atoms with E-state index in [0.29, 0.717) is 22.3 Å². The molecule has 0 atom stereocenters. The molecule has 0 radical (unpaired) electrons. The lowest BCUT2D eigenvalue weighted by molar-refractivity contribution is 1.25. The summed E-state index contributed by atoms with van der Waals surface area (Å²) in [5.41, 5.74) is 19.2. The van der Waals surface area contributed by atoms with Crippen molar-refractivity contribution in [1.29, 1.82) is 10.5 Å². The summed E-state index contributed by atoms with van der Waals surface area (Å²) in [6.45, 7) is 4.21. The summed E-state index contributed by atoms with van der Waals surface area (Å²) >= 11 is 0. The first-order chi connectivity index (χ1) is 39.4. The SMILES string of the molecule is Cc1ccc(N(c2ccccc2)c2ccc(N(c3ccccc3)c3ccc(C=Cc4cc(C#N)c(C=Cc5ccc(N(c6ccccc6)c6ccc(N(c7ccccc7)c7ccc(C)cc7)cc6)cc5)cc4C#N)cc3)cc2)cc1. The van der Waals surface area contributed by atoms with E-state index in [4.69, 9.17) is 0 Å². The molecule has 11 aromatic rings. The van der Waals surface area contributed by atoms with Crippen LogP contribution in [0.15, 0.2) is 279 Å². The predicted molar refractivity (Wildman–Crippen MR) is 335 cm³/mol. The van der Waals surface area contributed by atoms with Gasteiger partial charge in [0.1, 0.15) is 0 Å². The molecule has 0 spiro atoms. The molecular weight excluding hydrogens is 973 g/mol. The molecule has 0 N–H and O–H groups in total. The summed E-state index contributed by atoms with van der Waals surface area (Å²) < 4.78 is 0. The quantitative estimate of drug-likeness (QED) is 0.0899. The van der Waals surface area contributed by atoms with Gasteiger partial charge in [-0.1, -0.05) is 157 Å². The van der Waals surface area contributed by atoms with E-state index >= 15 is 0 Å². The Morgan fingerprint density at radius 2 is 0.450 bits per heavy atom. The maximum Gasteiger partial charge on any atom is 0.0998 e. The van der Waals surface area contributed by atoms with Crippen LogP contribution in [0.2, 0.25) is 0 Å². The minimum Gasteiger partial charge on any atom is -0.311 e. The number of anilines is 12. The highest BCUT2D eigenvalue weighted by molar-refractivity contribution is 5.85. The molecule has 0 aliphatic carbocycles. The van der Waals surface area contributed by atoms with Gasteiger partial charge in [0, 0.05) is 68.2 Å². The van der Waals surface area contributed by atoms with E-state index in [1.165, 1.54) is 11.1 Å². The highest BCUT2D eigenvalue weighted by atomic mass is 15.2. The molecule has 80 heavy (non-hydrogen) atoms. The zero-order valence-corrected chi connectivity index (χ0v) is 44.6. The molecule has 0 bridgehead atoms. The third-order valence-corrected chi connectivity index (χ3v) is 14.0. The Balaban J connectivity index is 0.811. The van der Waals surface area contributed by atoms with Crippen LogP contribution in [-0.2, 0) is 0 Å². The van der Waals surface area contributed by atoms with Gasteiger partial charge in [-0.05, 0) is 194 Å². The number of aryl methyl sites for hydroxylation is 2. The highest BCUT2D eigenvalue weighted by Gasteiger charge is 2.18. The normalized spacial score (nSPS) is 11.0. The molecule has 0 saturated carbocycles. The Labute approximate surface area is 469 Å². The van der Waals surface area contributed by atoms with Gasteiger partial charge in [0.25, 0.3) is 0 Å². The van der Waals surface area contributed by atoms with Gasteiger partial charge in [0.2, 0.25) is 0 Å². The number of para-hydroxylation sites is 4. The Kier molecular flexibility index (Phi) is 15.3. The topological polar surface area (TPSA) is 60.5 Å². The van der Waals surface area contributed by atoms with Gasteiger partial charge in [0.15, 0.2) is 0 Å². The van der Waals surface area contributed by atoms with Gasteiger partial charge in [-0.2, -0.15) is 10.5 Å². The van der Waals surface area contributed by atoms with Gasteiger partial charge < -0.3 is 19.6 Å². The van der Waals surface area contributed by atoms with E-state index in [1.54, 1.807) is 12.1 Å². The molecule has 0 heterocycles. The molecule has 0 aliphatic heterocycles. The maximum atomic E-state index is 10.4. The van der Waals surface area contributed by atoms with E-state index in [1.807, 2.05) is 48.6 Å². The second-order valence-corrected chi connectivity index (χ2v) is 19.5. The molecule has 11 aromatic carbocycles. The second-order valence-electron chi connectivity index (χ2n) is 19.5. The molecule has 11 rings (SSSR count). The Bertz CT molecular complexity index is 3710. The molecule has 0 amide bonds. The smallest absolute Gasteiger partial charge is 0.0998 e. The number of nitrogens with zero attached hydrogens (tertiary/aromatic N) is 6. The van der Waals surface area contributed by atoms with Gasteiger partial charge in [0.05, 0.1) is 23.3 Å². The van der Waals surface area contributed by atoms with E-state index in [0.717, 1.165) is 79.4 Å². The summed E-state index contributed by atoms with van der Waals surface area (Å²) in [5.74, 6) is 0. The van der Waals surface area contributed by atoms with Crippen LogP contribution in [0, 0.1) is 36.5 Å². The first kappa shape index (κ1) is 51.2. The lowest BCUT2D eigenvalue weighted by Crippen LogP contribution is -2.12. The maximum absolute atomic E-state index is 10.4. The fourth-order valence-electron chi connectivity index (χ4n) is 9.93. The van der Waals surface area contributed by atoms with Crippen molar-refractivity contribution in [2.24, 2.45) is 0 Å². The van der Waals surface area contributed by atoms with E-state index in [9.17, 15) is 10.5 Å². The van der Waals surface area contributed by atoms with Crippen molar-refractivity contribution in [3.63, 3.8) is 0 Å². The number of nitriles is 2. The first-order valence-corrected chi connectivity index (χ1v) is 26.7. The summed E-state index contributed by atoms with van der Waals surface area (Å²) in [5, 5.41) is 20.8. The minimum atomic E-state index is 0.481. The lowest BCUT2D eigenvalue weighted by atomic mass is 9.97. The van der Waals surface area contributed by atoms with Crippen LogP contribution >= 0.6 is 0 Å². The van der Waals surface area contributed by atoms with E-state index < -0.39 is 0 Å². The van der Waals surface area contributed by atoms with Crippen LogP contribution in [0.1, 0.15) is 44.5 Å². The van der Waals surface area contributed by atoms with Crippen LogP contribution in [0.5, 0.6) is 0 Å². The number of hydrogen-bond acceptors (Lipinski definition) is 6. The zero-order valence-electron chi connectivity index (χ0n) is 44.6. The summed E-state index contributed by atoms with van der Waals surface area (Å²) in [6.07, 6.45) is 7.80. The highest BCUT2D eigenvalue weighted by Crippen LogP contribution is 2.41. The Morgan fingerprint density at radius 3 is 0.675 bits per heavy atom. The fourth-order valence-corrected chi connectivity index (χ4v) is 9.93. The van der Waals surface area contributed by atoms with Crippen molar-refractivity contribution >= 4 is 92.6 Å². The predicted octanol–water partition coefficient (Wildman–Crippen LogP) is 20.3. The van der Waals surface area contributed by atoms with E-state index in [-0.39, 0.29) is 0 Å². The molecule has 6 nitrogen and oxygen atoms in total. The molecule has 0 fully saturated rings. The molecule has 382 valence electrons.